The minimum atomic E-state index is -0.680. The molecule has 1 heterocycles. The molecule has 2 aromatic rings. The van der Waals surface area contributed by atoms with Crippen molar-refractivity contribution in [2.75, 3.05) is 13.2 Å². The number of carbonyl (C=O) groups excluding carboxylic acids is 1. The maximum absolute atomic E-state index is 12.3. The smallest absolute Gasteiger partial charge is 0.343 e. The number of nitriles is 1. The molecule has 0 bridgehead atoms. The van der Waals surface area contributed by atoms with Gasteiger partial charge in [0.1, 0.15) is 5.75 Å². The Labute approximate surface area is 172 Å². The van der Waals surface area contributed by atoms with Crippen LogP contribution in [0.2, 0.25) is 0 Å². The van der Waals surface area contributed by atoms with Crippen molar-refractivity contribution < 1.29 is 19.0 Å². The quantitative estimate of drug-likeness (QED) is 0.363. The third kappa shape index (κ3) is 6.15. The molecule has 2 atom stereocenters. The molecule has 152 valence electrons. The Morgan fingerprint density at radius 3 is 2.28 bits per heavy atom. The molecule has 0 unspecified atom stereocenters. The molecule has 2 aromatic carbocycles. The standard InChI is InChI=1S/C24H27NO4/c1-2-3-4-5-6-22-16-28-23(17-27-22)24(26)29-21-13-11-20(12-14-21)19-9-7-18(15-25)8-10-19/h7-14,22-23H,2-6,16-17H2,1H3/t22-,23-/m0/s1. The summed E-state index contributed by atoms with van der Waals surface area (Å²) in [6, 6.07) is 16.7. The van der Waals surface area contributed by atoms with Crippen molar-refractivity contribution in [3.8, 4) is 22.9 Å². The number of hydrogen-bond acceptors (Lipinski definition) is 5. The fourth-order valence-corrected chi connectivity index (χ4v) is 3.28. The van der Waals surface area contributed by atoms with Gasteiger partial charge >= 0.3 is 5.97 Å². The van der Waals surface area contributed by atoms with E-state index in [-0.39, 0.29) is 12.7 Å². The van der Waals surface area contributed by atoms with Crippen molar-refractivity contribution in [2.24, 2.45) is 0 Å². The number of rotatable bonds is 8. The lowest BCUT2D eigenvalue weighted by molar-refractivity contribution is -0.173. The molecule has 1 aliphatic heterocycles. The number of benzene rings is 2. The zero-order valence-corrected chi connectivity index (χ0v) is 16.8. The van der Waals surface area contributed by atoms with E-state index in [0.29, 0.717) is 17.9 Å². The Bertz CT molecular complexity index is 815. The van der Waals surface area contributed by atoms with Crippen LogP contribution in [0.5, 0.6) is 5.75 Å². The van der Waals surface area contributed by atoms with Crippen molar-refractivity contribution in [3.63, 3.8) is 0 Å². The number of esters is 1. The molecule has 0 N–H and O–H groups in total. The first-order chi connectivity index (χ1) is 14.2. The molecule has 5 nitrogen and oxygen atoms in total. The highest BCUT2D eigenvalue weighted by atomic mass is 16.6. The average Bonchev–Trinajstić information content (AvgIpc) is 2.78. The van der Waals surface area contributed by atoms with E-state index in [1.165, 1.54) is 19.3 Å². The Kier molecular flexibility index (Phi) is 7.80. The number of carbonyl (C=O) groups is 1. The molecule has 0 aromatic heterocycles. The first-order valence-corrected chi connectivity index (χ1v) is 10.2. The second kappa shape index (κ2) is 10.8. The van der Waals surface area contributed by atoms with Crippen molar-refractivity contribution >= 4 is 5.97 Å². The summed E-state index contributed by atoms with van der Waals surface area (Å²) in [6.07, 6.45) is 5.15. The summed E-state index contributed by atoms with van der Waals surface area (Å²) in [5.41, 5.74) is 2.60. The van der Waals surface area contributed by atoms with Crippen LogP contribution < -0.4 is 4.74 Å². The summed E-state index contributed by atoms with van der Waals surface area (Å²) in [6.45, 7) is 2.86. The van der Waals surface area contributed by atoms with Gasteiger partial charge in [-0.2, -0.15) is 5.26 Å². The summed E-state index contributed by atoms with van der Waals surface area (Å²) < 4.78 is 16.9. The maximum Gasteiger partial charge on any atom is 0.343 e. The van der Waals surface area contributed by atoms with Crippen LogP contribution in [0.4, 0.5) is 0 Å². The minimum absolute atomic E-state index is 0.0719. The predicted molar refractivity (Wildman–Crippen MR) is 110 cm³/mol. The highest BCUT2D eigenvalue weighted by Crippen LogP contribution is 2.23. The molecule has 0 amide bonds. The molecule has 1 saturated heterocycles. The van der Waals surface area contributed by atoms with Crippen LogP contribution in [0.3, 0.4) is 0 Å². The number of nitrogens with zero attached hydrogens (tertiary/aromatic N) is 1. The van der Waals surface area contributed by atoms with E-state index < -0.39 is 12.1 Å². The molecule has 1 fully saturated rings. The van der Waals surface area contributed by atoms with Gasteiger partial charge in [0, 0.05) is 0 Å². The van der Waals surface area contributed by atoms with Gasteiger partial charge in [-0.1, -0.05) is 56.9 Å². The van der Waals surface area contributed by atoms with Crippen LogP contribution in [0.25, 0.3) is 11.1 Å². The van der Waals surface area contributed by atoms with E-state index in [1.807, 2.05) is 24.3 Å². The van der Waals surface area contributed by atoms with Crippen LogP contribution in [-0.2, 0) is 14.3 Å². The summed E-state index contributed by atoms with van der Waals surface area (Å²) in [4.78, 5) is 12.3. The van der Waals surface area contributed by atoms with Crippen LogP contribution >= 0.6 is 0 Å². The first-order valence-electron chi connectivity index (χ1n) is 10.2. The number of ether oxygens (including phenoxy) is 3. The molecule has 0 spiro atoms. The molecule has 5 heteroatoms. The van der Waals surface area contributed by atoms with E-state index in [4.69, 9.17) is 19.5 Å². The van der Waals surface area contributed by atoms with Gasteiger partial charge < -0.3 is 14.2 Å². The van der Waals surface area contributed by atoms with Crippen LogP contribution in [-0.4, -0.2) is 31.4 Å². The second-order valence-corrected chi connectivity index (χ2v) is 7.26. The van der Waals surface area contributed by atoms with Gasteiger partial charge in [0.15, 0.2) is 6.10 Å². The third-order valence-corrected chi connectivity index (χ3v) is 5.03. The second-order valence-electron chi connectivity index (χ2n) is 7.26. The average molecular weight is 393 g/mol. The Morgan fingerprint density at radius 2 is 1.69 bits per heavy atom. The van der Waals surface area contributed by atoms with Gasteiger partial charge in [-0.3, -0.25) is 0 Å². The molecular weight excluding hydrogens is 366 g/mol. The van der Waals surface area contributed by atoms with E-state index in [9.17, 15) is 4.79 Å². The van der Waals surface area contributed by atoms with E-state index >= 15 is 0 Å². The summed E-state index contributed by atoms with van der Waals surface area (Å²) >= 11 is 0. The minimum Gasteiger partial charge on any atom is -0.425 e. The van der Waals surface area contributed by atoms with Crippen LogP contribution in [0.1, 0.15) is 44.6 Å². The normalized spacial score (nSPS) is 18.8. The highest BCUT2D eigenvalue weighted by Gasteiger charge is 2.29. The highest BCUT2D eigenvalue weighted by molar-refractivity contribution is 5.77. The van der Waals surface area contributed by atoms with Crippen molar-refractivity contribution in [1.29, 1.82) is 5.26 Å². The fourth-order valence-electron chi connectivity index (χ4n) is 3.28. The van der Waals surface area contributed by atoms with Crippen LogP contribution in [0.15, 0.2) is 48.5 Å². The van der Waals surface area contributed by atoms with Crippen molar-refractivity contribution in [2.45, 2.75) is 51.2 Å². The van der Waals surface area contributed by atoms with E-state index in [1.54, 1.807) is 24.3 Å². The Balaban J connectivity index is 1.46. The van der Waals surface area contributed by atoms with Crippen molar-refractivity contribution in [3.05, 3.63) is 54.1 Å². The lowest BCUT2D eigenvalue weighted by Gasteiger charge is -2.28. The number of unbranched alkanes of at least 4 members (excludes halogenated alkanes) is 3. The lowest BCUT2D eigenvalue weighted by atomic mass is 10.0. The molecule has 0 saturated carbocycles. The molecule has 1 aliphatic rings. The first kappa shape index (κ1) is 21.0. The summed E-state index contributed by atoms with van der Waals surface area (Å²) in [5.74, 6) is 0.0400. The lowest BCUT2D eigenvalue weighted by Crippen LogP contribution is -2.42. The monoisotopic (exact) mass is 393 g/mol. The third-order valence-electron chi connectivity index (χ3n) is 5.03. The van der Waals surface area contributed by atoms with Gasteiger partial charge in [0.25, 0.3) is 0 Å². The van der Waals surface area contributed by atoms with Gasteiger partial charge in [-0.05, 0) is 41.8 Å². The topological polar surface area (TPSA) is 68.5 Å². The zero-order valence-electron chi connectivity index (χ0n) is 16.8. The number of hydrogen-bond donors (Lipinski definition) is 0. The SMILES string of the molecule is CCCCCC[C@H]1CO[C@H](C(=O)Oc2ccc(-c3ccc(C#N)cc3)cc2)CO1. The van der Waals surface area contributed by atoms with Gasteiger partial charge in [-0.15, -0.1) is 0 Å². The molecular formula is C24H27NO4. The van der Waals surface area contributed by atoms with Crippen LogP contribution in [0, 0.1) is 11.3 Å². The predicted octanol–water partition coefficient (Wildman–Crippen LogP) is 4.89. The maximum atomic E-state index is 12.3. The Hall–Kier alpha value is -2.68. The summed E-state index contributed by atoms with van der Waals surface area (Å²) in [7, 11) is 0. The fraction of sp³-hybridized carbons (Fsp3) is 0.417. The van der Waals surface area contributed by atoms with E-state index in [2.05, 4.69) is 13.0 Å². The largest absolute Gasteiger partial charge is 0.425 e. The van der Waals surface area contributed by atoms with Gasteiger partial charge in [0.2, 0.25) is 0 Å². The van der Waals surface area contributed by atoms with Gasteiger partial charge in [-0.25, -0.2) is 4.79 Å². The van der Waals surface area contributed by atoms with Gasteiger partial charge in [0.05, 0.1) is 31.0 Å². The molecule has 0 radical (unpaired) electrons. The molecule has 3 rings (SSSR count). The molecule has 0 aliphatic carbocycles. The van der Waals surface area contributed by atoms with Crippen molar-refractivity contribution in [1.82, 2.24) is 0 Å². The zero-order chi connectivity index (χ0) is 20.5. The van der Waals surface area contributed by atoms with E-state index in [0.717, 1.165) is 24.0 Å². The summed E-state index contributed by atoms with van der Waals surface area (Å²) in [5, 5.41) is 8.88. The molecule has 29 heavy (non-hydrogen) atoms. The Morgan fingerprint density at radius 1 is 1.00 bits per heavy atom.